The molecule has 1 aromatic carbocycles. The molecule has 5 heteroatoms. The Bertz CT molecular complexity index is 661. The minimum absolute atomic E-state index is 0.00204. The van der Waals surface area contributed by atoms with Gasteiger partial charge in [0.25, 0.3) is 0 Å². The number of aromatic nitrogens is 2. The Labute approximate surface area is 130 Å². The number of carbonyl (C=O) groups is 1. The number of aryl methyl sites for hydroxylation is 1. The molecule has 1 aromatic heterocycles. The maximum atomic E-state index is 12.4. The lowest BCUT2D eigenvalue weighted by Gasteiger charge is -2.18. The van der Waals surface area contributed by atoms with Crippen molar-refractivity contribution in [2.45, 2.75) is 25.3 Å². The highest BCUT2D eigenvalue weighted by atomic mass is 16.5. The zero-order chi connectivity index (χ0) is 15.5. The molecule has 0 aliphatic heterocycles. The van der Waals surface area contributed by atoms with Crippen molar-refractivity contribution in [2.75, 3.05) is 7.11 Å². The maximum Gasteiger partial charge on any atom is 0.225 e. The van der Waals surface area contributed by atoms with Gasteiger partial charge >= 0.3 is 0 Å². The van der Waals surface area contributed by atoms with E-state index in [1.54, 1.807) is 13.3 Å². The van der Waals surface area contributed by atoms with Gasteiger partial charge in [-0.3, -0.25) is 4.79 Å². The summed E-state index contributed by atoms with van der Waals surface area (Å²) in [6.45, 7) is 0. The number of ether oxygens (including phenoxy) is 1. The Morgan fingerprint density at radius 3 is 2.86 bits per heavy atom. The van der Waals surface area contributed by atoms with E-state index < -0.39 is 0 Å². The number of carbonyl (C=O) groups excluding carboxylic acids is 1. The first-order valence-corrected chi connectivity index (χ1v) is 7.57. The number of hydrogen-bond acceptors (Lipinski definition) is 3. The lowest BCUT2D eigenvalue weighted by molar-refractivity contribution is -0.121. The van der Waals surface area contributed by atoms with Crippen LogP contribution in [0.25, 0.3) is 0 Å². The standard InChI is InChI=1S/C17H21N3O2/c1-20-10-9-18-17(20)16(12-7-8-12)19-15(21)11-13-5-3-4-6-14(13)22-2/h3-6,9-10,12,16H,7-8,11H2,1-2H3,(H,19,21)/t16-/m1/s1. The first kappa shape index (κ1) is 14.6. The van der Waals surface area contributed by atoms with Gasteiger partial charge in [0, 0.05) is 25.0 Å². The van der Waals surface area contributed by atoms with Gasteiger partial charge < -0.3 is 14.6 Å². The number of rotatable bonds is 6. The summed E-state index contributed by atoms with van der Waals surface area (Å²) in [5.41, 5.74) is 0.900. The van der Waals surface area contributed by atoms with Crippen LogP contribution in [-0.4, -0.2) is 22.6 Å². The predicted octanol–water partition coefficient (Wildman–Crippen LogP) is 2.24. The number of nitrogens with zero attached hydrogens (tertiary/aromatic N) is 2. The molecule has 1 saturated carbocycles. The summed E-state index contributed by atoms with van der Waals surface area (Å²) >= 11 is 0. The van der Waals surface area contributed by atoms with Crippen molar-refractivity contribution in [2.24, 2.45) is 13.0 Å². The van der Waals surface area contributed by atoms with Gasteiger partial charge in [-0.25, -0.2) is 4.98 Å². The number of benzene rings is 1. The molecule has 3 rings (SSSR count). The molecule has 1 amide bonds. The van der Waals surface area contributed by atoms with E-state index in [9.17, 15) is 4.79 Å². The minimum atomic E-state index is 0.00204. The highest BCUT2D eigenvalue weighted by Crippen LogP contribution is 2.40. The second-order valence-electron chi connectivity index (χ2n) is 5.77. The van der Waals surface area contributed by atoms with E-state index in [1.165, 1.54) is 0 Å². The number of para-hydroxylation sites is 1. The largest absolute Gasteiger partial charge is 0.496 e. The van der Waals surface area contributed by atoms with E-state index in [2.05, 4.69) is 10.3 Å². The number of imidazole rings is 1. The number of hydrogen-bond donors (Lipinski definition) is 1. The SMILES string of the molecule is COc1ccccc1CC(=O)N[C@@H](c1nccn1C)C1CC1. The summed E-state index contributed by atoms with van der Waals surface area (Å²) in [4.78, 5) is 16.8. The molecule has 116 valence electrons. The van der Waals surface area contributed by atoms with E-state index in [-0.39, 0.29) is 11.9 Å². The summed E-state index contributed by atoms with van der Waals surface area (Å²) in [7, 11) is 3.59. The predicted molar refractivity (Wildman–Crippen MR) is 83.5 cm³/mol. The molecule has 22 heavy (non-hydrogen) atoms. The van der Waals surface area contributed by atoms with Crippen LogP contribution in [0.2, 0.25) is 0 Å². The van der Waals surface area contributed by atoms with Crippen molar-refractivity contribution in [3.63, 3.8) is 0 Å². The lowest BCUT2D eigenvalue weighted by Crippen LogP contribution is -2.32. The third-order valence-electron chi connectivity index (χ3n) is 4.09. The molecule has 1 aliphatic rings. The van der Waals surface area contributed by atoms with Gasteiger partial charge in [-0.2, -0.15) is 0 Å². The highest BCUT2D eigenvalue weighted by molar-refractivity contribution is 5.79. The molecule has 5 nitrogen and oxygen atoms in total. The fraction of sp³-hybridized carbons (Fsp3) is 0.412. The second-order valence-corrected chi connectivity index (χ2v) is 5.77. The van der Waals surface area contributed by atoms with Crippen LogP contribution in [0.15, 0.2) is 36.7 Å². The summed E-state index contributed by atoms with van der Waals surface area (Å²) in [6, 6.07) is 7.62. The van der Waals surface area contributed by atoms with Crippen LogP contribution in [0.4, 0.5) is 0 Å². The molecule has 0 saturated heterocycles. The van der Waals surface area contributed by atoms with Gasteiger partial charge in [0.2, 0.25) is 5.91 Å². The quantitative estimate of drug-likeness (QED) is 0.890. The monoisotopic (exact) mass is 299 g/mol. The van der Waals surface area contributed by atoms with Gasteiger partial charge in [-0.15, -0.1) is 0 Å². The zero-order valence-corrected chi connectivity index (χ0v) is 13.0. The van der Waals surface area contributed by atoms with Crippen LogP contribution in [0.1, 0.15) is 30.3 Å². The smallest absolute Gasteiger partial charge is 0.225 e. The first-order valence-electron chi connectivity index (χ1n) is 7.57. The van der Waals surface area contributed by atoms with Crippen molar-refractivity contribution in [3.8, 4) is 5.75 Å². The fourth-order valence-corrected chi connectivity index (χ4v) is 2.75. The fourth-order valence-electron chi connectivity index (χ4n) is 2.75. The minimum Gasteiger partial charge on any atom is -0.496 e. The van der Waals surface area contributed by atoms with Crippen molar-refractivity contribution in [1.29, 1.82) is 0 Å². The Morgan fingerprint density at radius 1 is 1.45 bits per heavy atom. The Hall–Kier alpha value is -2.30. The highest BCUT2D eigenvalue weighted by Gasteiger charge is 2.35. The lowest BCUT2D eigenvalue weighted by atomic mass is 10.1. The third kappa shape index (κ3) is 3.13. The molecular formula is C17H21N3O2. The molecule has 2 aromatic rings. The van der Waals surface area contributed by atoms with Crippen molar-refractivity contribution >= 4 is 5.91 Å². The summed E-state index contributed by atoms with van der Waals surface area (Å²) in [6.07, 6.45) is 6.30. The summed E-state index contributed by atoms with van der Waals surface area (Å²) < 4.78 is 7.28. The molecule has 1 aliphatic carbocycles. The van der Waals surface area contributed by atoms with Gasteiger partial charge in [0.1, 0.15) is 11.6 Å². The summed E-state index contributed by atoms with van der Waals surface area (Å²) in [5.74, 6) is 2.18. The van der Waals surface area contributed by atoms with Crippen LogP contribution in [0.5, 0.6) is 5.75 Å². The second kappa shape index (κ2) is 6.22. The van der Waals surface area contributed by atoms with Crippen LogP contribution < -0.4 is 10.1 Å². The van der Waals surface area contributed by atoms with E-state index in [1.807, 2.05) is 42.1 Å². The average molecular weight is 299 g/mol. The molecule has 1 fully saturated rings. The van der Waals surface area contributed by atoms with Gasteiger partial charge in [-0.05, 0) is 24.8 Å². The molecule has 1 heterocycles. The van der Waals surface area contributed by atoms with Crippen molar-refractivity contribution in [3.05, 3.63) is 48.0 Å². The van der Waals surface area contributed by atoms with Crippen LogP contribution in [0.3, 0.4) is 0 Å². The topological polar surface area (TPSA) is 56.1 Å². The Morgan fingerprint density at radius 2 is 2.23 bits per heavy atom. The Balaban J connectivity index is 1.71. The van der Waals surface area contributed by atoms with E-state index in [0.717, 1.165) is 30.0 Å². The van der Waals surface area contributed by atoms with Gasteiger partial charge in [-0.1, -0.05) is 18.2 Å². The van der Waals surface area contributed by atoms with Gasteiger partial charge in [0.15, 0.2) is 0 Å². The molecular weight excluding hydrogens is 278 g/mol. The first-order chi connectivity index (χ1) is 10.7. The van der Waals surface area contributed by atoms with Crippen LogP contribution >= 0.6 is 0 Å². The maximum absolute atomic E-state index is 12.4. The molecule has 1 atom stereocenters. The van der Waals surface area contributed by atoms with E-state index in [4.69, 9.17) is 4.74 Å². The number of methoxy groups -OCH3 is 1. The van der Waals surface area contributed by atoms with E-state index in [0.29, 0.717) is 12.3 Å². The normalized spacial score (nSPS) is 15.4. The molecule has 0 spiro atoms. The van der Waals surface area contributed by atoms with Crippen LogP contribution in [-0.2, 0) is 18.3 Å². The zero-order valence-electron chi connectivity index (χ0n) is 13.0. The third-order valence-corrected chi connectivity index (χ3v) is 4.09. The average Bonchev–Trinajstić information content (AvgIpc) is 3.27. The molecule has 0 radical (unpaired) electrons. The molecule has 0 bridgehead atoms. The Kier molecular flexibility index (Phi) is 4.13. The number of nitrogens with one attached hydrogen (secondary N) is 1. The summed E-state index contributed by atoms with van der Waals surface area (Å²) in [5, 5.41) is 3.14. The van der Waals surface area contributed by atoms with Gasteiger partial charge in [0.05, 0.1) is 19.6 Å². The van der Waals surface area contributed by atoms with E-state index >= 15 is 0 Å². The molecule has 0 unspecified atom stereocenters. The van der Waals surface area contributed by atoms with Crippen LogP contribution in [0, 0.1) is 5.92 Å². The van der Waals surface area contributed by atoms with Crippen molar-refractivity contribution in [1.82, 2.24) is 14.9 Å². The molecule has 1 N–H and O–H groups in total. The van der Waals surface area contributed by atoms with Crippen molar-refractivity contribution < 1.29 is 9.53 Å². The number of amides is 1.